The van der Waals surface area contributed by atoms with Crippen molar-refractivity contribution in [2.24, 2.45) is 0 Å². The molecule has 1 aromatic carbocycles. The number of hydrogen-bond acceptors (Lipinski definition) is 3. The van der Waals surface area contributed by atoms with Gasteiger partial charge < -0.3 is 20.8 Å². The summed E-state index contributed by atoms with van der Waals surface area (Å²) in [6.07, 6.45) is -1.60. The molecule has 1 rings (SSSR count). The molecular weight excluding hydrogens is 212 g/mol. The molecule has 6 nitrogen and oxygen atoms in total. The molecule has 0 fully saturated rings. The van der Waals surface area contributed by atoms with E-state index in [9.17, 15) is 9.59 Å². The largest absolute Gasteiger partial charge is 0.479 e. The third-order valence-electron chi connectivity index (χ3n) is 1.77. The van der Waals surface area contributed by atoms with Crippen molar-refractivity contribution in [2.75, 3.05) is 11.9 Å². The number of hydrogen-bond donors (Lipinski definition) is 4. The number of aliphatic hydroxyl groups excluding tert-OH is 1. The topological polar surface area (TPSA) is 98.7 Å². The number of para-hydroxylation sites is 1. The molecule has 4 N–H and O–H groups in total. The van der Waals surface area contributed by atoms with Crippen LogP contribution in [0.5, 0.6) is 0 Å². The van der Waals surface area contributed by atoms with Crippen molar-refractivity contribution in [2.45, 2.75) is 6.10 Å². The van der Waals surface area contributed by atoms with Crippen LogP contribution in [-0.4, -0.2) is 34.9 Å². The number of carbonyl (C=O) groups is 2. The molecular formula is C10H12N2O4. The van der Waals surface area contributed by atoms with Crippen molar-refractivity contribution in [1.82, 2.24) is 5.32 Å². The van der Waals surface area contributed by atoms with Crippen molar-refractivity contribution >= 4 is 17.7 Å². The average Bonchev–Trinajstić information content (AvgIpc) is 2.27. The predicted octanol–water partition coefficient (Wildman–Crippen LogP) is 0.254. The Morgan fingerprint density at radius 2 is 1.88 bits per heavy atom. The minimum absolute atomic E-state index is 0.339. The molecule has 0 aliphatic heterocycles. The molecule has 0 heterocycles. The normalized spacial score (nSPS) is 11.6. The van der Waals surface area contributed by atoms with E-state index in [4.69, 9.17) is 10.2 Å². The number of rotatable bonds is 4. The van der Waals surface area contributed by atoms with Gasteiger partial charge in [-0.05, 0) is 12.1 Å². The van der Waals surface area contributed by atoms with E-state index >= 15 is 0 Å². The van der Waals surface area contributed by atoms with Crippen LogP contribution in [0.3, 0.4) is 0 Å². The Labute approximate surface area is 91.9 Å². The number of nitrogens with one attached hydrogen (secondary N) is 2. The molecule has 0 aromatic heterocycles. The molecule has 16 heavy (non-hydrogen) atoms. The van der Waals surface area contributed by atoms with Crippen molar-refractivity contribution in [1.29, 1.82) is 0 Å². The van der Waals surface area contributed by atoms with Crippen LogP contribution in [0, 0.1) is 0 Å². The number of carbonyl (C=O) groups excluding carboxylic acids is 1. The quantitative estimate of drug-likeness (QED) is 0.589. The Kier molecular flexibility index (Phi) is 4.28. The van der Waals surface area contributed by atoms with Crippen LogP contribution in [0.4, 0.5) is 10.5 Å². The number of amides is 2. The summed E-state index contributed by atoms with van der Waals surface area (Å²) in [5, 5.41) is 22.0. The summed E-state index contributed by atoms with van der Waals surface area (Å²) >= 11 is 0. The first-order chi connectivity index (χ1) is 7.59. The third kappa shape index (κ3) is 3.97. The van der Waals surface area contributed by atoms with E-state index in [1.807, 2.05) is 0 Å². The minimum atomic E-state index is -1.60. The average molecular weight is 224 g/mol. The minimum Gasteiger partial charge on any atom is -0.479 e. The second kappa shape index (κ2) is 5.72. The standard InChI is InChI=1S/C10H12N2O4/c13-8(9(14)15)6-11-10(16)12-7-4-2-1-3-5-7/h1-5,8,13H,6H2,(H,14,15)(H2,11,12,16)/t8-/m0/s1. The first-order valence-electron chi connectivity index (χ1n) is 4.60. The molecule has 0 radical (unpaired) electrons. The SMILES string of the molecule is O=C(NC[C@H](O)C(=O)O)Nc1ccccc1. The van der Waals surface area contributed by atoms with E-state index in [2.05, 4.69) is 10.6 Å². The van der Waals surface area contributed by atoms with Crippen LogP contribution in [-0.2, 0) is 4.79 Å². The van der Waals surface area contributed by atoms with Gasteiger partial charge >= 0.3 is 12.0 Å². The van der Waals surface area contributed by atoms with Crippen LogP contribution in [0.2, 0.25) is 0 Å². The number of anilines is 1. The number of urea groups is 1. The zero-order chi connectivity index (χ0) is 12.0. The van der Waals surface area contributed by atoms with E-state index < -0.39 is 18.1 Å². The predicted molar refractivity (Wildman–Crippen MR) is 57.1 cm³/mol. The van der Waals surface area contributed by atoms with Crippen molar-refractivity contribution in [3.05, 3.63) is 30.3 Å². The Hall–Kier alpha value is -2.08. The molecule has 0 saturated heterocycles. The van der Waals surface area contributed by atoms with Gasteiger partial charge in [-0.25, -0.2) is 9.59 Å². The summed E-state index contributed by atoms with van der Waals surface area (Å²) in [7, 11) is 0. The highest BCUT2D eigenvalue weighted by molar-refractivity contribution is 5.89. The maximum Gasteiger partial charge on any atom is 0.334 e. The van der Waals surface area contributed by atoms with Crippen LogP contribution in [0.15, 0.2) is 30.3 Å². The van der Waals surface area contributed by atoms with Gasteiger partial charge in [0, 0.05) is 5.69 Å². The van der Waals surface area contributed by atoms with E-state index in [1.165, 1.54) is 0 Å². The highest BCUT2D eigenvalue weighted by atomic mass is 16.4. The van der Waals surface area contributed by atoms with Gasteiger partial charge in [0.25, 0.3) is 0 Å². The lowest BCUT2D eigenvalue weighted by Gasteiger charge is -2.09. The third-order valence-corrected chi connectivity index (χ3v) is 1.77. The molecule has 0 aliphatic carbocycles. The summed E-state index contributed by atoms with van der Waals surface area (Å²) in [5.41, 5.74) is 0.588. The first kappa shape index (κ1) is 12.0. The summed E-state index contributed by atoms with van der Waals surface area (Å²) in [4.78, 5) is 21.5. The number of aliphatic hydroxyl groups is 1. The molecule has 1 atom stereocenters. The molecule has 1 aromatic rings. The summed E-state index contributed by atoms with van der Waals surface area (Å²) in [6, 6.07) is 8.12. The van der Waals surface area contributed by atoms with Crippen LogP contribution in [0.25, 0.3) is 0 Å². The second-order valence-electron chi connectivity index (χ2n) is 3.06. The van der Waals surface area contributed by atoms with Gasteiger partial charge in [0.15, 0.2) is 6.10 Å². The van der Waals surface area contributed by atoms with Gasteiger partial charge in [-0.15, -0.1) is 0 Å². The molecule has 0 aliphatic rings. The van der Waals surface area contributed by atoms with Gasteiger partial charge in [0.2, 0.25) is 0 Å². The van der Waals surface area contributed by atoms with E-state index in [0.29, 0.717) is 5.69 Å². The van der Waals surface area contributed by atoms with Gasteiger partial charge in [-0.2, -0.15) is 0 Å². The van der Waals surface area contributed by atoms with E-state index in [0.717, 1.165) is 0 Å². The molecule has 2 amide bonds. The Balaban J connectivity index is 2.35. The summed E-state index contributed by atoms with van der Waals surface area (Å²) < 4.78 is 0. The molecule has 0 bridgehead atoms. The maximum atomic E-state index is 11.2. The highest BCUT2D eigenvalue weighted by Gasteiger charge is 2.13. The zero-order valence-corrected chi connectivity index (χ0v) is 8.38. The lowest BCUT2D eigenvalue weighted by Crippen LogP contribution is -2.38. The van der Waals surface area contributed by atoms with Crippen LogP contribution >= 0.6 is 0 Å². The molecule has 6 heteroatoms. The number of benzene rings is 1. The van der Waals surface area contributed by atoms with Gasteiger partial charge in [-0.1, -0.05) is 18.2 Å². The van der Waals surface area contributed by atoms with Crippen molar-refractivity contribution in [3.63, 3.8) is 0 Å². The van der Waals surface area contributed by atoms with E-state index in [-0.39, 0.29) is 6.54 Å². The zero-order valence-electron chi connectivity index (χ0n) is 8.38. The molecule has 86 valence electrons. The second-order valence-corrected chi connectivity index (χ2v) is 3.06. The maximum absolute atomic E-state index is 11.2. The summed E-state index contributed by atoms with van der Waals surface area (Å²) in [5.74, 6) is -1.37. The Morgan fingerprint density at radius 1 is 1.25 bits per heavy atom. The highest BCUT2D eigenvalue weighted by Crippen LogP contribution is 2.03. The summed E-state index contributed by atoms with van der Waals surface area (Å²) in [6.45, 7) is -0.339. The van der Waals surface area contributed by atoms with Crippen molar-refractivity contribution in [3.8, 4) is 0 Å². The molecule has 0 saturated carbocycles. The fraction of sp³-hybridized carbons (Fsp3) is 0.200. The molecule has 0 unspecified atom stereocenters. The van der Waals surface area contributed by atoms with Crippen molar-refractivity contribution < 1.29 is 19.8 Å². The van der Waals surface area contributed by atoms with Gasteiger partial charge in [0.1, 0.15) is 0 Å². The smallest absolute Gasteiger partial charge is 0.334 e. The van der Waals surface area contributed by atoms with E-state index in [1.54, 1.807) is 30.3 Å². The Morgan fingerprint density at radius 3 is 2.44 bits per heavy atom. The van der Waals surface area contributed by atoms with Crippen LogP contribution in [0.1, 0.15) is 0 Å². The monoisotopic (exact) mass is 224 g/mol. The van der Waals surface area contributed by atoms with Gasteiger partial charge in [0.05, 0.1) is 6.54 Å². The number of carboxylic acids is 1. The lowest BCUT2D eigenvalue weighted by molar-refractivity contribution is -0.146. The van der Waals surface area contributed by atoms with Crippen LogP contribution < -0.4 is 10.6 Å². The fourth-order valence-corrected chi connectivity index (χ4v) is 0.973. The number of aliphatic carboxylic acids is 1. The number of carboxylic acid groups (broad SMARTS) is 1. The van der Waals surface area contributed by atoms with Gasteiger partial charge in [-0.3, -0.25) is 0 Å². The fourth-order valence-electron chi connectivity index (χ4n) is 0.973. The molecule has 0 spiro atoms. The Bertz CT molecular complexity index is 366. The lowest BCUT2D eigenvalue weighted by atomic mass is 10.3. The first-order valence-corrected chi connectivity index (χ1v) is 4.60.